The molecule has 3 aromatic heterocycles. The fourth-order valence-electron chi connectivity index (χ4n) is 7.28. The number of aromatic nitrogens is 3. The molecule has 0 saturated carbocycles. The summed E-state index contributed by atoms with van der Waals surface area (Å²) in [7, 11) is -1.36. The van der Waals surface area contributed by atoms with E-state index in [0.717, 1.165) is 16.7 Å². The zero-order chi connectivity index (χ0) is 45.8. The van der Waals surface area contributed by atoms with Gasteiger partial charge in [-0.25, -0.2) is 0 Å². The van der Waals surface area contributed by atoms with Crippen LogP contribution in [0.5, 0.6) is 0 Å². The molecule has 6 heteroatoms. The van der Waals surface area contributed by atoms with E-state index in [-0.39, 0.29) is 61.7 Å². The minimum Gasteiger partial charge on any atom is -0.501 e. The first-order valence-electron chi connectivity index (χ1n) is 22.9. The van der Waals surface area contributed by atoms with E-state index in [0.29, 0.717) is 44.6 Å². The fourth-order valence-corrected chi connectivity index (χ4v) is 8.31. The van der Waals surface area contributed by atoms with Gasteiger partial charge in [0, 0.05) is 44.2 Å². The summed E-state index contributed by atoms with van der Waals surface area (Å²) < 4.78 is 63.9. The van der Waals surface area contributed by atoms with Crippen LogP contribution in [0.2, 0.25) is 19.6 Å². The smallest absolute Gasteiger partial charge is 0.121 e. The van der Waals surface area contributed by atoms with Crippen molar-refractivity contribution in [3.8, 4) is 39.5 Å². The minimum atomic E-state index is -2.27. The third-order valence-corrected chi connectivity index (χ3v) is 12.4. The SMILES string of the molecule is [2H]c1[c-]c(-c2ccc([Si](C)(C)C)cn2)cc([2H])c1[2H].[2H]c1c[c-]c(-c2nc3ccccc3n2-c2c(C(C)C)cc(-c3ccccc3)cc2C(C)C)c2oc3cc(C([2H])([2H])[2H])ccc3c12.[Ir]. The third kappa shape index (κ3) is 8.02. The molecule has 0 atom stereocenters. The van der Waals surface area contributed by atoms with Crippen molar-refractivity contribution in [2.45, 2.75) is 66.0 Å². The second kappa shape index (κ2) is 16.8. The second-order valence-corrected chi connectivity index (χ2v) is 21.1. The molecule has 0 bridgehead atoms. The summed E-state index contributed by atoms with van der Waals surface area (Å²) in [6.45, 7) is 13.4. The molecule has 0 aliphatic carbocycles. The molecule has 58 heavy (non-hydrogen) atoms. The first kappa shape index (κ1) is 32.6. The van der Waals surface area contributed by atoms with Gasteiger partial charge in [-0.2, -0.15) is 0 Å². The Morgan fingerprint density at radius 2 is 1.52 bits per heavy atom. The topological polar surface area (TPSA) is 43.9 Å². The maximum Gasteiger partial charge on any atom is 0.121 e. The van der Waals surface area contributed by atoms with Crippen LogP contribution in [0.4, 0.5) is 0 Å². The summed E-state index contributed by atoms with van der Waals surface area (Å²) in [4.78, 5) is 9.57. The van der Waals surface area contributed by atoms with Crippen LogP contribution in [-0.2, 0) is 20.1 Å². The van der Waals surface area contributed by atoms with Crippen LogP contribution in [0.3, 0.4) is 0 Å². The molecule has 0 amide bonds. The summed E-state index contributed by atoms with van der Waals surface area (Å²) in [5.41, 5.74) is 10.6. The number of nitrogens with zero attached hydrogens (tertiary/aromatic N) is 3. The number of benzene rings is 6. The Hall–Kier alpha value is -5.39. The zero-order valence-corrected chi connectivity index (χ0v) is 37.1. The molecule has 0 aliphatic rings. The molecule has 0 N–H and O–H groups in total. The van der Waals surface area contributed by atoms with Gasteiger partial charge in [-0.05, 0) is 90.5 Å². The van der Waals surface area contributed by atoms with Crippen molar-refractivity contribution in [1.82, 2.24) is 14.5 Å². The van der Waals surface area contributed by atoms with Gasteiger partial charge in [-0.15, -0.1) is 54.0 Å². The molecule has 1 radical (unpaired) electrons. The number of pyridine rings is 1. The summed E-state index contributed by atoms with van der Waals surface area (Å²) >= 11 is 0. The molecule has 0 saturated heterocycles. The van der Waals surface area contributed by atoms with Crippen LogP contribution < -0.4 is 5.19 Å². The molecule has 4 nitrogen and oxygen atoms in total. The van der Waals surface area contributed by atoms with Crippen LogP contribution in [0.1, 0.15) is 65.8 Å². The van der Waals surface area contributed by atoms with E-state index in [1.807, 2.05) is 36.5 Å². The Kier molecular flexibility index (Phi) is 9.45. The van der Waals surface area contributed by atoms with Gasteiger partial charge in [0.2, 0.25) is 0 Å². The van der Waals surface area contributed by atoms with Crippen molar-refractivity contribution in [3.63, 3.8) is 0 Å². The van der Waals surface area contributed by atoms with Crippen molar-refractivity contribution >= 4 is 46.2 Å². The molecule has 9 rings (SSSR count). The fraction of sp³-hybridized carbons (Fsp3) is 0.192. The molecule has 293 valence electrons. The van der Waals surface area contributed by atoms with Gasteiger partial charge in [0.05, 0.1) is 30.5 Å². The van der Waals surface area contributed by atoms with Gasteiger partial charge in [0.15, 0.2) is 0 Å². The van der Waals surface area contributed by atoms with Crippen LogP contribution in [0, 0.1) is 19.0 Å². The van der Waals surface area contributed by atoms with Gasteiger partial charge in [-0.3, -0.25) is 4.98 Å². The number of fused-ring (bicyclic) bond motifs is 4. The van der Waals surface area contributed by atoms with Gasteiger partial charge < -0.3 is 14.0 Å². The van der Waals surface area contributed by atoms with Crippen molar-refractivity contribution in [1.29, 1.82) is 0 Å². The van der Waals surface area contributed by atoms with Crippen LogP contribution in [0.15, 0.2) is 144 Å². The summed E-state index contributed by atoms with van der Waals surface area (Å²) in [5, 5.41) is 2.58. The van der Waals surface area contributed by atoms with E-state index in [1.54, 1.807) is 24.3 Å². The molecular weight excluding hydrogens is 903 g/mol. The summed E-state index contributed by atoms with van der Waals surface area (Å²) in [6.07, 6.45) is 1.87. The Bertz CT molecular complexity index is 3140. The maximum atomic E-state index is 8.78. The number of para-hydroxylation sites is 2. The second-order valence-electron chi connectivity index (χ2n) is 16.0. The number of furan rings is 1. The molecule has 6 aromatic carbocycles. The van der Waals surface area contributed by atoms with Crippen LogP contribution in [0.25, 0.3) is 72.4 Å². The number of hydrogen-bond donors (Lipinski definition) is 0. The van der Waals surface area contributed by atoms with Crippen molar-refractivity contribution < 1.29 is 34.1 Å². The molecule has 0 unspecified atom stereocenters. The van der Waals surface area contributed by atoms with Crippen LogP contribution >= 0.6 is 0 Å². The summed E-state index contributed by atoms with van der Waals surface area (Å²) in [5.74, 6) is 1.08. The Morgan fingerprint density at radius 3 is 2.19 bits per heavy atom. The van der Waals surface area contributed by atoms with E-state index >= 15 is 0 Å². The monoisotopic (exact) mass is 959 g/mol. The predicted octanol–water partition coefficient (Wildman–Crippen LogP) is 13.7. The standard InChI is InChI=1S/C38H33N2O.C14H16NSi.Ir/c1-23(2)31-21-27(26-12-7-6-8-13-26)22-32(24(3)4)36(31)40-34-17-10-9-16-33(34)39-38(40)30-15-11-14-29-28-19-18-25(5)20-35(28)41-37(29)30;1-16(2,3)13-9-10-14(15-11-13)12-7-5-4-6-8-12;/h6-14,16-24H,1-5H3;4-7,9-11H,1-3H3;/q2*-1;/i5D3,14D;4D,5D,6D;. The predicted molar refractivity (Wildman–Crippen MR) is 242 cm³/mol. The molecule has 9 aromatic rings. The van der Waals surface area contributed by atoms with E-state index in [2.05, 4.69) is 118 Å². The Morgan fingerprint density at radius 1 is 0.776 bits per heavy atom. The molecule has 0 aliphatic heterocycles. The first-order valence-corrected chi connectivity index (χ1v) is 22.9. The number of aryl methyl sites for hydroxylation is 1. The average Bonchev–Trinajstić information content (AvgIpc) is 3.84. The van der Waals surface area contributed by atoms with Crippen molar-refractivity contribution in [2.24, 2.45) is 0 Å². The Labute approximate surface area is 367 Å². The van der Waals surface area contributed by atoms with Gasteiger partial charge in [0.25, 0.3) is 0 Å². The largest absolute Gasteiger partial charge is 0.501 e. The number of hydrogen-bond acceptors (Lipinski definition) is 3. The van der Waals surface area contributed by atoms with Crippen molar-refractivity contribution in [2.75, 3.05) is 0 Å². The van der Waals surface area contributed by atoms with E-state index in [4.69, 9.17) is 19.0 Å². The normalized spacial score (nSPS) is 13.6. The summed E-state index contributed by atoms with van der Waals surface area (Å²) in [6, 6.07) is 41.5. The number of imidazole rings is 1. The molecule has 3 heterocycles. The van der Waals surface area contributed by atoms with E-state index in [1.165, 1.54) is 33.5 Å². The first-order chi connectivity index (χ1) is 30.3. The minimum absolute atomic E-state index is 0. The van der Waals surface area contributed by atoms with Gasteiger partial charge in [0.1, 0.15) is 5.58 Å². The van der Waals surface area contributed by atoms with Crippen molar-refractivity contribution in [3.05, 3.63) is 168 Å². The molecular formula is C52H49IrN3OSi-2. The maximum absolute atomic E-state index is 8.78. The Balaban J connectivity index is 0.000000265. The quantitative estimate of drug-likeness (QED) is 0.118. The average molecular weight is 959 g/mol. The molecule has 0 fully saturated rings. The van der Waals surface area contributed by atoms with E-state index < -0.39 is 14.9 Å². The van der Waals surface area contributed by atoms with Gasteiger partial charge in [-0.1, -0.05) is 125 Å². The third-order valence-electron chi connectivity index (χ3n) is 10.3. The molecule has 0 spiro atoms. The van der Waals surface area contributed by atoms with Gasteiger partial charge >= 0.3 is 0 Å². The van der Waals surface area contributed by atoms with E-state index in [9.17, 15) is 0 Å². The number of rotatable bonds is 7. The zero-order valence-electron chi connectivity index (χ0n) is 40.7. The van der Waals surface area contributed by atoms with Crippen LogP contribution in [-0.4, -0.2) is 22.6 Å².